The molecule has 0 fully saturated rings. The third kappa shape index (κ3) is 2.61. The fourth-order valence-electron chi connectivity index (χ4n) is 2.33. The van der Waals surface area contributed by atoms with Gasteiger partial charge < -0.3 is 14.8 Å². The van der Waals surface area contributed by atoms with E-state index in [4.69, 9.17) is 9.47 Å². The molecule has 0 aliphatic heterocycles. The molecule has 17 heavy (non-hydrogen) atoms. The van der Waals surface area contributed by atoms with Gasteiger partial charge in [-0.15, -0.1) is 0 Å². The molecule has 0 radical (unpaired) electrons. The maximum absolute atomic E-state index is 5.84. The molecule has 0 aromatic heterocycles. The van der Waals surface area contributed by atoms with Gasteiger partial charge in [-0.05, 0) is 44.0 Å². The van der Waals surface area contributed by atoms with Gasteiger partial charge in [0.2, 0.25) is 0 Å². The predicted molar refractivity (Wildman–Crippen MR) is 68.5 cm³/mol. The second-order valence-corrected chi connectivity index (χ2v) is 4.56. The highest BCUT2D eigenvalue weighted by atomic mass is 16.5. The molecule has 2 rings (SSSR count). The van der Waals surface area contributed by atoms with Crippen LogP contribution in [-0.4, -0.2) is 26.9 Å². The molecule has 1 aromatic carbocycles. The number of hydrogen-bond acceptors (Lipinski definition) is 3. The lowest BCUT2D eigenvalue weighted by Gasteiger charge is -2.15. The maximum Gasteiger partial charge on any atom is 0.122 e. The van der Waals surface area contributed by atoms with Crippen molar-refractivity contribution in [3.05, 3.63) is 29.3 Å². The average molecular weight is 235 g/mol. The van der Waals surface area contributed by atoms with Crippen molar-refractivity contribution in [1.82, 2.24) is 5.32 Å². The van der Waals surface area contributed by atoms with Crippen LogP contribution >= 0.6 is 0 Å². The topological polar surface area (TPSA) is 30.5 Å². The Hall–Kier alpha value is -1.06. The molecule has 1 aromatic rings. The van der Waals surface area contributed by atoms with Crippen molar-refractivity contribution in [2.75, 3.05) is 20.8 Å². The Bertz CT molecular complexity index is 378. The fourth-order valence-corrected chi connectivity index (χ4v) is 2.33. The molecule has 0 amide bonds. The van der Waals surface area contributed by atoms with Crippen molar-refractivity contribution in [1.29, 1.82) is 0 Å². The Morgan fingerprint density at radius 1 is 1.47 bits per heavy atom. The van der Waals surface area contributed by atoms with Gasteiger partial charge in [0, 0.05) is 13.2 Å². The second kappa shape index (κ2) is 5.52. The maximum atomic E-state index is 5.84. The summed E-state index contributed by atoms with van der Waals surface area (Å²) in [4.78, 5) is 0. The molecule has 0 spiro atoms. The summed E-state index contributed by atoms with van der Waals surface area (Å²) in [5.74, 6) is 1.02. The molecule has 94 valence electrons. The van der Waals surface area contributed by atoms with E-state index in [9.17, 15) is 0 Å². The average Bonchev–Trinajstić information content (AvgIpc) is 2.79. The number of methoxy groups -OCH3 is 1. The first-order valence-electron chi connectivity index (χ1n) is 6.21. The lowest BCUT2D eigenvalue weighted by molar-refractivity contribution is 0.0713. The van der Waals surface area contributed by atoms with E-state index in [-0.39, 0.29) is 6.10 Å². The summed E-state index contributed by atoms with van der Waals surface area (Å²) in [6.07, 6.45) is 2.39. The first kappa shape index (κ1) is 12.4. The number of benzene rings is 1. The third-order valence-corrected chi connectivity index (χ3v) is 3.45. The van der Waals surface area contributed by atoms with Crippen LogP contribution in [0.1, 0.15) is 30.5 Å². The van der Waals surface area contributed by atoms with Crippen LogP contribution in [0.5, 0.6) is 5.75 Å². The summed E-state index contributed by atoms with van der Waals surface area (Å²) in [6.45, 7) is 2.62. The third-order valence-electron chi connectivity index (χ3n) is 3.45. The van der Waals surface area contributed by atoms with Crippen LogP contribution in [-0.2, 0) is 11.2 Å². The molecule has 1 aliphatic carbocycles. The van der Waals surface area contributed by atoms with Crippen molar-refractivity contribution in [2.24, 2.45) is 0 Å². The summed E-state index contributed by atoms with van der Waals surface area (Å²) in [5.41, 5.74) is 2.74. The van der Waals surface area contributed by atoms with E-state index in [1.54, 1.807) is 7.11 Å². The Morgan fingerprint density at radius 3 is 3.00 bits per heavy atom. The zero-order chi connectivity index (χ0) is 12.3. The van der Waals surface area contributed by atoms with Crippen LogP contribution < -0.4 is 10.1 Å². The van der Waals surface area contributed by atoms with Crippen LogP contribution in [0.2, 0.25) is 0 Å². The molecular weight excluding hydrogens is 214 g/mol. The standard InChI is InChI=1S/C14H21NO2/c1-10(16-3)9-17-14-6-4-5-11-12(14)7-8-13(11)15-2/h4-6,10,13,15H,7-9H2,1-3H3. The Kier molecular flexibility index (Phi) is 4.02. The van der Waals surface area contributed by atoms with Crippen molar-refractivity contribution >= 4 is 0 Å². The number of nitrogens with one attached hydrogen (secondary N) is 1. The predicted octanol–water partition coefficient (Wildman–Crippen LogP) is 2.31. The molecule has 3 heteroatoms. The van der Waals surface area contributed by atoms with Crippen LogP contribution in [0.25, 0.3) is 0 Å². The molecule has 2 atom stereocenters. The Labute approximate surface area is 103 Å². The lowest BCUT2D eigenvalue weighted by atomic mass is 10.1. The van der Waals surface area contributed by atoms with E-state index in [1.165, 1.54) is 11.1 Å². The highest BCUT2D eigenvalue weighted by Gasteiger charge is 2.23. The minimum absolute atomic E-state index is 0.132. The monoisotopic (exact) mass is 235 g/mol. The van der Waals surface area contributed by atoms with Gasteiger partial charge in [0.15, 0.2) is 0 Å². The Morgan fingerprint density at radius 2 is 2.29 bits per heavy atom. The van der Waals surface area contributed by atoms with Gasteiger partial charge in [-0.2, -0.15) is 0 Å². The second-order valence-electron chi connectivity index (χ2n) is 4.56. The SMILES string of the molecule is CNC1CCc2c(OCC(C)OC)cccc21. The summed E-state index contributed by atoms with van der Waals surface area (Å²) in [6, 6.07) is 6.80. The molecule has 1 aliphatic rings. The van der Waals surface area contributed by atoms with Crippen molar-refractivity contribution in [3.63, 3.8) is 0 Å². The minimum atomic E-state index is 0.132. The van der Waals surface area contributed by atoms with Crippen LogP contribution in [0.4, 0.5) is 0 Å². The number of rotatable bonds is 5. The van der Waals surface area contributed by atoms with Crippen LogP contribution in [0.3, 0.4) is 0 Å². The van der Waals surface area contributed by atoms with Crippen LogP contribution in [0.15, 0.2) is 18.2 Å². The molecule has 0 saturated carbocycles. The lowest BCUT2D eigenvalue weighted by Crippen LogP contribution is -2.16. The van der Waals surface area contributed by atoms with Gasteiger partial charge in [0.25, 0.3) is 0 Å². The molecule has 0 bridgehead atoms. The van der Waals surface area contributed by atoms with Crippen molar-refractivity contribution in [3.8, 4) is 5.75 Å². The summed E-state index contributed by atoms with van der Waals surface area (Å²) < 4.78 is 11.0. The smallest absolute Gasteiger partial charge is 0.122 e. The zero-order valence-corrected chi connectivity index (χ0v) is 10.8. The van der Waals surface area contributed by atoms with E-state index < -0.39 is 0 Å². The van der Waals surface area contributed by atoms with E-state index in [0.717, 1.165) is 18.6 Å². The highest BCUT2D eigenvalue weighted by molar-refractivity contribution is 5.45. The fraction of sp³-hybridized carbons (Fsp3) is 0.571. The first-order chi connectivity index (χ1) is 8.26. The molecular formula is C14H21NO2. The Balaban J connectivity index is 2.11. The summed E-state index contributed by atoms with van der Waals surface area (Å²) >= 11 is 0. The van der Waals surface area contributed by atoms with Gasteiger partial charge in [0.1, 0.15) is 12.4 Å². The highest BCUT2D eigenvalue weighted by Crippen LogP contribution is 2.36. The quantitative estimate of drug-likeness (QED) is 0.849. The van der Waals surface area contributed by atoms with E-state index in [2.05, 4.69) is 23.5 Å². The van der Waals surface area contributed by atoms with Gasteiger partial charge >= 0.3 is 0 Å². The summed E-state index contributed by atoms with van der Waals surface area (Å²) in [7, 11) is 3.72. The molecule has 3 nitrogen and oxygen atoms in total. The first-order valence-corrected chi connectivity index (χ1v) is 6.21. The van der Waals surface area contributed by atoms with E-state index in [1.807, 2.05) is 14.0 Å². The van der Waals surface area contributed by atoms with E-state index in [0.29, 0.717) is 12.6 Å². The number of ether oxygens (including phenoxy) is 2. The van der Waals surface area contributed by atoms with Crippen LogP contribution in [0, 0.1) is 0 Å². The van der Waals surface area contributed by atoms with Crippen molar-refractivity contribution in [2.45, 2.75) is 31.9 Å². The molecule has 0 heterocycles. The largest absolute Gasteiger partial charge is 0.491 e. The van der Waals surface area contributed by atoms with Gasteiger partial charge in [0.05, 0.1) is 6.10 Å². The molecule has 2 unspecified atom stereocenters. The van der Waals surface area contributed by atoms with Gasteiger partial charge in [-0.1, -0.05) is 12.1 Å². The minimum Gasteiger partial charge on any atom is -0.491 e. The number of hydrogen-bond donors (Lipinski definition) is 1. The molecule has 0 saturated heterocycles. The normalized spacial score (nSPS) is 20.1. The van der Waals surface area contributed by atoms with Gasteiger partial charge in [-0.25, -0.2) is 0 Å². The zero-order valence-electron chi connectivity index (χ0n) is 10.8. The van der Waals surface area contributed by atoms with Gasteiger partial charge in [-0.3, -0.25) is 0 Å². The summed E-state index contributed by atoms with van der Waals surface area (Å²) in [5, 5.41) is 3.34. The van der Waals surface area contributed by atoms with Crippen molar-refractivity contribution < 1.29 is 9.47 Å². The van der Waals surface area contributed by atoms with E-state index >= 15 is 0 Å². The molecule has 1 N–H and O–H groups in total. The number of fused-ring (bicyclic) bond motifs is 1.